The molecule has 0 unspecified atom stereocenters. The van der Waals surface area contributed by atoms with E-state index in [1.165, 1.54) is 0 Å². The van der Waals surface area contributed by atoms with Gasteiger partial charge in [-0.1, -0.05) is 34.1 Å². The first-order chi connectivity index (χ1) is 9.27. The second-order valence-corrected chi connectivity index (χ2v) is 4.93. The number of nitrogens with one attached hydrogen (secondary N) is 1. The number of benzene rings is 1. The van der Waals surface area contributed by atoms with E-state index >= 15 is 0 Å². The quantitative estimate of drug-likeness (QED) is 0.761. The van der Waals surface area contributed by atoms with E-state index in [1.54, 1.807) is 12.4 Å². The minimum Gasteiger partial charge on any atom is -0.382 e. The molecule has 5 heteroatoms. The van der Waals surface area contributed by atoms with Crippen molar-refractivity contribution in [3.05, 3.63) is 53.3 Å². The summed E-state index contributed by atoms with van der Waals surface area (Å²) in [5.74, 6) is 0.485. The minimum absolute atomic E-state index is 0.485. The summed E-state index contributed by atoms with van der Waals surface area (Å²) in [6.07, 6.45) is 3.49. The van der Waals surface area contributed by atoms with E-state index in [0.717, 1.165) is 26.9 Å². The smallest absolute Gasteiger partial charge is 0.153 e. The van der Waals surface area contributed by atoms with Crippen molar-refractivity contribution in [1.29, 1.82) is 0 Å². The average molecular weight is 315 g/mol. The van der Waals surface area contributed by atoms with Gasteiger partial charge in [0, 0.05) is 28.0 Å². The number of halogens is 1. The highest BCUT2D eigenvalue weighted by Crippen LogP contribution is 2.37. The fourth-order valence-corrected chi connectivity index (χ4v) is 2.50. The summed E-state index contributed by atoms with van der Waals surface area (Å²) < 4.78 is 0.985. The van der Waals surface area contributed by atoms with E-state index in [-0.39, 0.29) is 0 Å². The van der Waals surface area contributed by atoms with Crippen molar-refractivity contribution in [3.8, 4) is 22.4 Å². The molecule has 0 saturated heterocycles. The molecule has 3 N–H and O–H groups in total. The number of H-pyrrole nitrogens is 1. The van der Waals surface area contributed by atoms with Crippen LogP contribution in [-0.2, 0) is 0 Å². The number of hydrogen-bond acceptors (Lipinski definition) is 3. The zero-order valence-electron chi connectivity index (χ0n) is 9.97. The number of nitrogens with two attached hydrogens (primary N) is 1. The molecule has 0 aliphatic heterocycles. The first-order valence-electron chi connectivity index (χ1n) is 5.76. The summed E-state index contributed by atoms with van der Waals surface area (Å²) in [4.78, 5) is 4.02. The van der Waals surface area contributed by atoms with Crippen LogP contribution in [0.15, 0.2) is 53.3 Å². The minimum atomic E-state index is 0.485. The van der Waals surface area contributed by atoms with E-state index in [0.29, 0.717) is 5.82 Å². The molecule has 94 valence electrons. The van der Waals surface area contributed by atoms with Crippen LogP contribution < -0.4 is 5.73 Å². The monoisotopic (exact) mass is 314 g/mol. The number of hydrogen-bond donors (Lipinski definition) is 2. The molecule has 0 aliphatic carbocycles. The highest BCUT2D eigenvalue weighted by Gasteiger charge is 2.16. The van der Waals surface area contributed by atoms with Gasteiger partial charge in [-0.15, -0.1) is 0 Å². The second-order valence-electron chi connectivity index (χ2n) is 4.07. The molecule has 0 radical (unpaired) electrons. The van der Waals surface area contributed by atoms with Crippen LogP contribution in [0.3, 0.4) is 0 Å². The molecule has 1 aromatic carbocycles. The third-order valence-electron chi connectivity index (χ3n) is 2.91. The molecule has 0 bridgehead atoms. The molecule has 0 spiro atoms. The molecule has 0 fully saturated rings. The van der Waals surface area contributed by atoms with E-state index in [2.05, 4.69) is 31.1 Å². The van der Waals surface area contributed by atoms with Crippen molar-refractivity contribution in [2.75, 3.05) is 5.73 Å². The van der Waals surface area contributed by atoms with Crippen LogP contribution in [0, 0.1) is 0 Å². The van der Waals surface area contributed by atoms with Crippen molar-refractivity contribution >= 4 is 21.7 Å². The molecule has 3 aromatic rings. The fourth-order valence-electron chi connectivity index (χ4n) is 2.02. The van der Waals surface area contributed by atoms with Crippen molar-refractivity contribution in [3.63, 3.8) is 0 Å². The Morgan fingerprint density at radius 3 is 2.53 bits per heavy atom. The van der Waals surface area contributed by atoms with Crippen LogP contribution in [-0.4, -0.2) is 15.2 Å². The topological polar surface area (TPSA) is 67.6 Å². The third kappa shape index (κ3) is 2.13. The van der Waals surface area contributed by atoms with Crippen molar-refractivity contribution < 1.29 is 0 Å². The summed E-state index contributed by atoms with van der Waals surface area (Å²) >= 11 is 3.55. The SMILES string of the molecule is Nc1n[nH]c(-c2ccncc2)c1-c1ccccc1Br. The van der Waals surface area contributed by atoms with Crippen LogP contribution in [0.2, 0.25) is 0 Å². The summed E-state index contributed by atoms with van der Waals surface area (Å²) in [6, 6.07) is 11.8. The van der Waals surface area contributed by atoms with Crippen molar-refractivity contribution in [2.24, 2.45) is 0 Å². The van der Waals surface area contributed by atoms with E-state index in [4.69, 9.17) is 5.73 Å². The molecule has 0 atom stereocenters. The number of rotatable bonds is 2. The Morgan fingerprint density at radius 1 is 1.05 bits per heavy atom. The number of nitrogens with zero attached hydrogens (tertiary/aromatic N) is 2. The van der Waals surface area contributed by atoms with Crippen LogP contribution in [0.1, 0.15) is 0 Å². The van der Waals surface area contributed by atoms with Crippen LogP contribution in [0.4, 0.5) is 5.82 Å². The maximum Gasteiger partial charge on any atom is 0.153 e. The molecule has 3 rings (SSSR count). The molecule has 2 heterocycles. The first-order valence-corrected chi connectivity index (χ1v) is 6.56. The van der Waals surface area contributed by atoms with E-state index < -0.39 is 0 Å². The largest absolute Gasteiger partial charge is 0.382 e. The predicted octanol–water partition coefficient (Wildman–Crippen LogP) is 3.48. The first kappa shape index (κ1) is 11.9. The Hall–Kier alpha value is -2.14. The number of nitrogen functional groups attached to an aromatic ring is 1. The second kappa shape index (κ2) is 4.85. The van der Waals surface area contributed by atoms with Gasteiger partial charge in [-0.05, 0) is 18.2 Å². The Morgan fingerprint density at radius 2 is 1.79 bits per heavy atom. The molecule has 2 aromatic heterocycles. The lowest BCUT2D eigenvalue weighted by Gasteiger charge is -2.06. The highest BCUT2D eigenvalue weighted by molar-refractivity contribution is 9.10. The molecular weight excluding hydrogens is 304 g/mol. The zero-order chi connectivity index (χ0) is 13.2. The van der Waals surface area contributed by atoms with Gasteiger partial charge < -0.3 is 5.73 Å². The lowest BCUT2D eigenvalue weighted by molar-refractivity contribution is 1.10. The molecule has 4 nitrogen and oxygen atoms in total. The maximum atomic E-state index is 6.00. The number of anilines is 1. The Balaban J connectivity index is 2.23. The summed E-state index contributed by atoms with van der Waals surface area (Å²) in [5, 5.41) is 7.11. The summed E-state index contributed by atoms with van der Waals surface area (Å²) in [7, 11) is 0. The fraction of sp³-hybridized carbons (Fsp3) is 0. The van der Waals surface area contributed by atoms with Gasteiger partial charge in [0.25, 0.3) is 0 Å². The van der Waals surface area contributed by atoms with Gasteiger partial charge in [0.05, 0.1) is 11.3 Å². The van der Waals surface area contributed by atoms with Crippen molar-refractivity contribution in [1.82, 2.24) is 15.2 Å². The predicted molar refractivity (Wildman–Crippen MR) is 79.4 cm³/mol. The number of pyridine rings is 1. The van der Waals surface area contributed by atoms with Crippen LogP contribution in [0.25, 0.3) is 22.4 Å². The third-order valence-corrected chi connectivity index (χ3v) is 3.60. The van der Waals surface area contributed by atoms with Gasteiger partial charge in [-0.25, -0.2) is 0 Å². The highest BCUT2D eigenvalue weighted by atomic mass is 79.9. The normalized spacial score (nSPS) is 10.6. The Bertz CT molecular complexity index is 706. The molecule has 0 aliphatic rings. The van der Waals surface area contributed by atoms with Gasteiger partial charge >= 0.3 is 0 Å². The molecule has 0 saturated carbocycles. The molecular formula is C14H11BrN4. The molecule has 19 heavy (non-hydrogen) atoms. The summed E-state index contributed by atoms with van der Waals surface area (Å²) in [5.41, 5.74) is 9.82. The lowest BCUT2D eigenvalue weighted by Crippen LogP contribution is -1.89. The number of aromatic amines is 1. The maximum absolute atomic E-state index is 6.00. The summed E-state index contributed by atoms with van der Waals surface area (Å²) in [6.45, 7) is 0. The van der Waals surface area contributed by atoms with E-state index in [9.17, 15) is 0 Å². The Kier molecular flexibility index (Phi) is 3.05. The molecule has 0 amide bonds. The average Bonchev–Trinajstić information content (AvgIpc) is 2.82. The van der Waals surface area contributed by atoms with Gasteiger partial charge in [-0.3, -0.25) is 10.1 Å². The van der Waals surface area contributed by atoms with Crippen LogP contribution in [0.5, 0.6) is 0 Å². The van der Waals surface area contributed by atoms with Crippen molar-refractivity contribution in [2.45, 2.75) is 0 Å². The zero-order valence-corrected chi connectivity index (χ0v) is 11.6. The van der Waals surface area contributed by atoms with E-state index in [1.807, 2.05) is 36.4 Å². The standard InChI is InChI=1S/C14H11BrN4/c15-11-4-2-1-3-10(11)12-13(18-19-14(12)16)9-5-7-17-8-6-9/h1-8H,(H3,16,18,19). The Labute approximate surface area is 118 Å². The number of aromatic nitrogens is 3. The lowest BCUT2D eigenvalue weighted by atomic mass is 10.0. The van der Waals surface area contributed by atoms with Gasteiger partial charge in [0.2, 0.25) is 0 Å². The van der Waals surface area contributed by atoms with Gasteiger partial charge in [0.15, 0.2) is 5.82 Å². The van der Waals surface area contributed by atoms with Gasteiger partial charge in [-0.2, -0.15) is 5.10 Å². The van der Waals surface area contributed by atoms with Crippen LogP contribution >= 0.6 is 15.9 Å². The van der Waals surface area contributed by atoms with Gasteiger partial charge in [0.1, 0.15) is 0 Å².